The van der Waals surface area contributed by atoms with Crippen LogP contribution in [0.4, 0.5) is 0 Å². The molecule has 0 aromatic carbocycles. The van der Waals surface area contributed by atoms with Crippen LogP contribution in [0.25, 0.3) is 21.3 Å². The lowest BCUT2D eigenvalue weighted by atomic mass is 10.1. The summed E-state index contributed by atoms with van der Waals surface area (Å²) in [6.45, 7) is 0. The molecule has 1 N–H and O–H groups in total. The van der Waals surface area contributed by atoms with Crippen molar-refractivity contribution in [3.8, 4) is 11.3 Å². The van der Waals surface area contributed by atoms with Gasteiger partial charge in [0, 0.05) is 23.3 Å². The monoisotopic (exact) mass is 229 g/mol. The average molecular weight is 229 g/mol. The van der Waals surface area contributed by atoms with E-state index in [1.165, 1.54) is 11.3 Å². The number of aromatic nitrogens is 3. The van der Waals surface area contributed by atoms with Crippen LogP contribution < -0.4 is 5.56 Å². The number of rotatable bonds is 1. The molecule has 0 radical (unpaired) electrons. The molecule has 78 valence electrons. The van der Waals surface area contributed by atoms with E-state index in [1.807, 2.05) is 23.6 Å². The fourth-order valence-corrected chi connectivity index (χ4v) is 2.40. The molecule has 4 nitrogen and oxygen atoms in total. The van der Waals surface area contributed by atoms with Crippen molar-refractivity contribution in [2.24, 2.45) is 0 Å². The molecule has 5 heteroatoms. The second kappa shape index (κ2) is 3.53. The third kappa shape index (κ3) is 1.33. The van der Waals surface area contributed by atoms with Crippen LogP contribution in [0.1, 0.15) is 0 Å². The number of aromatic amines is 1. The van der Waals surface area contributed by atoms with E-state index in [9.17, 15) is 4.79 Å². The normalized spacial score (nSPS) is 10.8. The Morgan fingerprint density at radius 3 is 3.06 bits per heavy atom. The first-order chi connectivity index (χ1) is 7.86. The minimum atomic E-state index is -0.141. The molecule has 0 saturated carbocycles. The van der Waals surface area contributed by atoms with Crippen molar-refractivity contribution in [2.45, 2.75) is 0 Å². The first-order valence-electron chi connectivity index (χ1n) is 4.72. The van der Waals surface area contributed by atoms with Gasteiger partial charge in [0.2, 0.25) is 0 Å². The average Bonchev–Trinajstić information content (AvgIpc) is 2.81. The van der Waals surface area contributed by atoms with Gasteiger partial charge in [-0.2, -0.15) is 5.10 Å². The van der Waals surface area contributed by atoms with Gasteiger partial charge in [-0.05, 0) is 23.6 Å². The number of hydrogen-bond donors (Lipinski definition) is 1. The number of nitrogens with zero attached hydrogens (tertiary/aromatic N) is 2. The molecule has 0 aliphatic rings. The quantitative estimate of drug-likeness (QED) is 0.694. The maximum absolute atomic E-state index is 11.5. The zero-order valence-electron chi connectivity index (χ0n) is 8.18. The van der Waals surface area contributed by atoms with Gasteiger partial charge >= 0.3 is 0 Å². The summed E-state index contributed by atoms with van der Waals surface area (Å²) in [5.41, 5.74) is 1.53. The lowest BCUT2D eigenvalue weighted by Crippen LogP contribution is -2.07. The summed E-state index contributed by atoms with van der Waals surface area (Å²) in [5.74, 6) is 0. The molecule has 3 heterocycles. The van der Waals surface area contributed by atoms with E-state index >= 15 is 0 Å². The van der Waals surface area contributed by atoms with Crippen LogP contribution in [0.3, 0.4) is 0 Å². The third-order valence-electron chi connectivity index (χ3n) is 2.33. The zero-order chi connectivity index (χ0) is 11.0. The highest BCUT2D eigenvalue weighted by Gasteiger charge is 2.09. The Balaban J connectivity index is 2.37. The Morgan fingerprint density at radius 1 is 1.31 bits per heavy atom. The zero-order valence-corrected chi connectivity index (χ0v) is 8.99. The van der Waals surface area contributed by atoms with E-state index < -0.39 is 0 Å². The van der Waals surface area contributed by atoms with Crippen LogP contribution in [0.15, 0.2) is 40.8 Å². The minimum Gasteiger partial charge on any atom is -0.266 e. The van der Waals surface area contributed by atoms with E-state index in [-0.39, 0.29) is 5.56 Å². The second-order valence-electron chi connectivity index (χ2n) is 3.31. The SMILES string of the molecule is O=c1[nH]nc(-c2cccnc2)c2ccsc12. The van der Waals surface area contributed by atoms with Crippen LogP contribution in [0, 0.1) is 0 Å². The number of hydrogen-bond acceptors (Lipinski definition) is 4. The minimum absolute atomic E-state index is 0.141. The summed E-state index contributed by atoms with van der Waals surface area (Å²) in [7, 11) is 0. The molecule has 0 spiro atoms. The van der Waals surface area contributed by atoms with Gasteiger partial charge in [0.15, 0.2) is 0 Å². The summed E-state index contributed by atoms with van der Waals surface area (Å²) in [6, 6.07) is 5.68. The topological polar surface area (TPSA) is 58.6 Å². The van der Waals surface area contributed by atoms with Crippen molar-refractivity contribution in [3.63, 3.8) is 0 Å². The maximum Gasteiger partial charge on any atom is 0.282 e. The molecule has 0 bridgehead atoms. The number of nitrogens with one attached hydrogen (secondary N) is 1. The highest BCUT2D eigenvalue weighted by atomic mass is 32.1. The molecule has 3 aromatic heterocycles. The molecule has 3 aromatic rings. The molecule has 0 aliphatic carbocycles. The number of fused-ring (bicyclic) bond motifs is 1. The molecule has 0 saturated heterocycles. The molecule has 0 unspecified atom stereocenters. The van der Waals surface area contributed by atoms with Gasteiger partial charge in [-0.15, -0.1) is 11.3 Å². The fraction of sp³-hybridized carbons (Fsp3) is 0. The van der Waals surface area contributed by atoms with Crippen LogP contribution in [0.2, 0.25) is 0 Å². The molecule has 0 aliphatic heterocycles. The van der Waals surface area contributed by atoms with E-state index in [4.69, 9.17) is 0 Å². The van der Waals surface area contributed by atoms with Crippen molar-refractivity contribution in [3.05, 3.63) is 46.3 Å². The first-order valence-corrected chi connectivity index (χ1v) is 5.60. The molecule has 3 rings (SSSR count). The summed E-state index contributed by atoms with van der Waals surface area (Å²) in [6.07, 6.45) is 3.44. The maximum atomic E-state index is 11.5. The summed E-state index contributed by atoms with van der Waals surface area (Å²) in [4.78, 5) is 15.5. The highest BCUT2D eigenvalue weighted by Crippen LogP contribution is 2.26. The van der Waals surface area contributed by atoms with Crippen molar-refractivity contribution >= 4 is 21.4 Å². The Labute approximate surface area is 94.6 Å². The van der Waals surface area contributed by atoms with E-state index in [0.717, 1.165) is 16.6 Å². The van der Waals surface area contributed by atoms with Crippen LogP contribution in [-0.4, -0.2) is 15.2 Å². The Morgan fingerprint density at radius 2 is 2.25 bits per heavy atom. The van der Waals surface area contributed by atoms with Gasteiger partial charge in [-0.25, -0.2) is 5.10 Å². The Hall–Kier alpha value is -2.01. The Bertz CT molecular complexity index is 687. The summed E-state index contributed by atoms with van der Waals surface area (Å²) in [5, 5.41) is 9.35. The predicted molar refractivity (Wildman–Crippen MR) is 63.5 cm³/mol. The summed E-state index contributed by atoms with van der Waals surface area (Å²) < 4.78 is 0.703. The highest BCUT2D eigenvalue weighted by molar-refractivity contribution is 7.17. The molecular formula is C11H7N3OS. The van der Waals surface area contributed by atoms with Crippen LogP contribution >= 0.6 is 11.3 Å². The van der Waals surface area contributed by atoms with E-state index in [1.54, 1.807) is 12.4 Å². The molecular weight excluding hydrogens is 222 g/mol. The van der Waals surface area contributed by atoms with Gasteiger partial charge in [0.25, 0.3) is 5.56 Å². The van der Waals surface area contributed by atoms with E-state index in [0.29, 0.717) is 4.70 Å². The van der Waals surface area contributed by atoms with Gasteiger partial charge < -0.3 is 0 Å². The van der Waals surface area contributed by atoms with Gasteiger partial charge in [0.05, 0.1) is 0 Å². The number of pyridine rings is 1. The largest absolute Gasteiger partial charge is 0.282 e. The van der Waals surface area contributed by atoms with Crippen molar-refractivity contribution in [1.82, 2.24) is 15.2 Å². The number of thiophene rings is 1. The van der Waals surface area contributed by atoms with Gasteiger partial charge in [-0.3, -0.25) is 9.78 Å². The predicted octanol–water partition coefficient (Wildman–Crippen LogP) is 2.05. The van der Waals surface area contributed by atoms with Crippen LogP contribution in [-0.2, 0) is 0 Å². The van der Waals surface area contributed by atoms with Crippen molar-refractivity contribution < 1.29 is 0 Å². The Kier molecular flexibility index (Phi) is 2.04. The molecule has 0 atom stereocenters. The van der Waals surface area contributed by atoms with Crippen molar-refractivity contribution in [2.75, 3.05) is 0 Å². The lowest BCUT2D eigenvalue weighted by molar-refractivity contribution is 1.02. The molecule has 0 amide bonds. The standard InChI is InChI=1S/C11H7N3OS/c15-11-10-8(3-5-16-10)9(13-14-11)7-2-1-4-12-6-7/h1-6H,(H,14,15). The van der Waals surface area contributed by atoms with Crippen molar-refractivity contribution in [1.29, 1.82) is 0 Å². The number of H-pyrrole nitrogens is 1. The van der Waals surface area contributed by atoms with Gasteiger partial charge in [-0.1, -0.05) is 0 Å². The molecule has 0 fully saturated rings. The fourth-order valence-electron chi connectivity index (χ4n) is 1.61. The first kappa shape index (κ1) is 9.23. The molecule has 16 heavy (non-hydrogen) atoms. The van der Waals surface area contributed by atoms with E-state index in [2.05, 4.69) is 15.2 Å². The lowest BCUT2D eigenvalue weighted by Gasteiger charge is -2.00. The summed E-state index contributed by atoms with van der Waals surface area (Å²) >= 11 is 1.42. The second-order valence-corrected chi connectivity index (χ2v) is 4.22. The van der Waals surface area contributed by atoms with Crippen LogP contribution in [0.5, 0.6) is 0 Å². The van der Waals surface area contributed by atoms with Gasteiger partial charge in [0.1, 0.15) is 10.4 Å². The smallest absolute Gasteiger partial charge is 0.266 e. The third-order valence-corrected chi connectivity index (χ3v) is 3.24.